The van der Waals surface area contributed by atoms with E-state index in [1.54, 1.807) is 12.5 Å². The van der Waals surface area contributed by atoms with Crippen molar-refractivity contribution in [1.29, 1.82) is 0 Å². The minimum atomic E-state index is -0.138. The third kappa shape index (κ3) is 3.37. The summed E-state index contributed by atoms with van der Waals surface area (Å²) < 4.78 is 12.1. The summed E-state index contributed by atoms with van der Waals surface area (Å²) in [6.45, 7) is 2.38. The van der Waals surface area contributed by atoms with Crippen LogP contribution in [0, 0.1) is 0 Å². The van der Waals surface area contributed by atoms with Crippen molar-refractivity contribution < 1.29 is 9.47 Å². The summed E-state index contributed by atoms with van der Waals surface area (Å²) >= 11 is 0. The summed E-state index contributed by atoms with van der Waals surface area (Å²) in [5, 5.41) is 0. The molecule has 0 aliphatic carbocycles. The van der Waals surface area contributed by atoms with Gasteiger partial charge in [0, 0.05) is 45.3 Å². The lowest BCUT2D eigenvalue weighted by atomic mass is 9.84. The van der Waals surface area contributed by atoms with E-state index in [9.17, 15) is 0 Å². The molecule has 132 valence electrons. The Kier molecular flexibility index (Phi) is 4.17. The van der Waals surface area contributed by atoms with E-state index >= 15 is 0 Å². The van der Waals surface area contributed by atoms with Crippen LogP contribution < -0.4 is 14.5 Å². The van der Waals surface area contributed by atoms with Crippen LogP contribution in [0.3, 0.4) is 0 Å². The third-order valence-corrected chi connectivity index (χ3v) is 4.75. The molecule has 2 aromatic heterocycles. The van der Waals surface area contributed by atoms with E-state index in [0.29, 0.717) is 5.88 Å². The Bertz CT molecular complexity index is 718. The van der Waals surface area contributed by atoms with E-state index in [0.717, 1.165) is 44.2 Å². The summed E-state index contributed by atoms with van der Waals surface area (Å²) in [6, 6.07) is 7.75. The van der Waals surface area contributed by atoms with Gasteiger partial charge in [-0.2, -0.15) is 0 Å². The molecule has 1 spiro atoms. The van der Waals surface area contributed by atoms with Crippen LogP contribution in [0.5, 0.6) is 5.88 Å². The first-order valence-corrected chi connectivity index (χ1v) is 8.60. The van der Waals surface area contributed by atoms with Gasteiger partial charge >= 0.3 is 0 Å². The van der Waals surface area contributed by atoms with Crippen molar-refractivity contribution in [3.8, 4) is 5.88 Å². The molecule has 0 unspecified atom stereocenters. The first-order valence-electron chi connectivity index (χ1n) is 8.60. The van der Waals surface area contributed by atoms with Crippen LogP contribution in [0.4, 0.5) is 11.6 Å². The highest BCUT2D eigenvalue weighted by Gasteiger charge is 2.48. The molecule has 0 radical (unpaired) electrons. The fourth-order valence-corrected chi connectivity index (χ4v) is 3.46. The molecule has 2 aliphatic rings. The van der Waals surface area contributed by atoms with Crippen LogP contribution in [0.15, 0.2) is 36.8 Å². The molecule has 0 amide bonds. The molecular formula is C18H23N5O2. The molecule has 7 heteroatoms. The van der Waals surface area contributed by atoms with Crippen LogP contribution >= 0.6 is 0 Å². The van der Waals surface area contributed by atoms with Crippen molar-refractivity contribution in [3.63, 3.8) is 0 Å². The number of pyridine rings is 1. The van der Waals surface area contributed by atoms with Gasteiger partial charge in [0.1, 0.15) is 29.7 Å². The Hall–Kier alpha value is -2.41. The van der Waals surface area contributed by atoms with Gasteiger partial charge in [-0.3, -0.25) is 0 Å². The summed E-state index contributed by atoms with van der Waals surface area (Å²) in [5.41, 5.74) is -0.138. The van der Waals surface area contributed by atoms with Gasteiger partial charge in [-0.05, 0) is 6.07 Å². The molecule has 1 atom stereocenters. The summed E-state index contributed by atoms with van der Waals surface area (Å²) in [6.07, 6.45) is 5.30. The maximum absolute atomic E-state index is 6.10. The Morgan fingerprint density at radius 1 is 1.24 bits per heavy atom. The SMILES string of the molecule is CN(C)c1cc(N2CC3(C[C@@H](Oc4ccccn4)CCO3)C2)ncn1. The second kappa shape index (κ2) is 6.48. The zero-order valence-corrected chi connectivity index (χ0v) is 14.6. The minimum Gasteiger partial charge on any atom is -0.474 e. The number of anilines is 2. The molecule has 0 saturated carbocycles. The molecule has 4 rings (SSSR count). The van der Waals surface area contributed by atoms with Gasteiger partial charge in [-0.15, -0.1) is 0 Å². The van der Waals surface area contributed by atoms with Crippen LogP contribution in [-0.2, 0) is 4.74 Å². The van der Waals surface area contributed by atoms with Gasteiger partial charge in [0.15, 0.2) is 0 Å². The van der Waals surface area contributed by atoms with E-state index in [2.05, 4.69) is 19.9 Å². The molecule has 25 heavy (non-hydrogen) atoms. The molecule has 2 aliphatic heterocycles. The molecule has 0 bridgehead atoms. The summed E-state index contributed by atoms with van der Waals surface area (Å²) in [4.78, 5) is 17.1. The summed E-state index contributed by atoms with van der Waals surface area (Å²) in [7, 11) is 3.96. The van der Waals surface area contributed by atoms with Gasteiger partial charge < -0.3 is 19.3 Å². The molecule has 7 nitrogen and oxygen atoms in total. The third-order valence-electron chi connectivity index (χ3n) is 4.75. The van der Waals surface area contributed by atoms with Crippen LogP contribution in [0.2, 0.25) is 0 Å². The zero-order chi connectivity index (χ0) is 17.3. The Balaban J connectivity index is 1.39. The number of ether oxygens (including phenoxy) is 2. The predicted octanol–water partition coefficient (Wildman–Crippen LogP) is 1.75. The van der Waals surface area contributed by atoms with E-state index in [-0.39, 0.29) is 11.7 Å². The Morgan fingerprint density at radius 3 is 2.88 bits per heavy atom. The molecule has 2 fully saturated rings. The largest absolute Gasteiger partial charge is 0.474 e. The van der Waals surface area contributed by atoms with Crippen LogP contribution in [0.25, 0.3) is 0 Å². The molecule has 0 N–H and O–H groups in total. The van der Waals surface area contributed by atoms with E-state index in [4.69, 9.17) is 9.47 Å². The van der Waals surface area contributed by atoms with Crippen molar-refractivity contribution in [2.45, 2.75) is 24.5 Å². The van der Waals surface area contributed by atoms with Gasteiger partial charge in [0.2, 0.25) is 5.88 Å². The second-order valence-electron chi connectivity index (χ2n) is 6.92. The standard InChI is InChI=1S/C18H23N5O2/c1-22(2)15-9-16(21-13-20-15)23-11-18(12-23)10-14(6-8-24-18)25-17-5-3-4-7-19-17/h3-5,7,9,13-14H,6,8,10-12H2,1-2H3/t14-/m0/s1. The quantitative estimate of drug-likeness (QED) is 0.839. The van der Waals surface area contributed by atoms with Crippen molar-refractivity contribution in [3.05, 3.63) is 36.8 Å². The lowest BCUT2D eigenvalue weighted by Crippen LogP contribution is -2.66. The monoisotopic (exact) mass is 341 g/mol. The normalized spacial score (nSPS) is 21.7. The highest BCUT2D eigenvalue weighted by molar-refractivity contribution is 5.52. The zero-order valence-electron chi connectivity index (χ0n) is 14.6. The van der Waals surface area contributed by atoms with Gasteiger partial charge in [0.05, 0.1) is 19.7 Å². The van der Waals surface area contributed by atoms with Gasteiger partial charge in [0.25, 0.3) is 0 Å². The Morgan fingerprint density at radius 2 is 2.12 bits per heavy atom. The highest BCUT2D eigenvalue weighted by Crippen LogP contribution is 2.37. The first kappa shape index (κ1) is 16.1. The van der Waals surface area contributed by atoms with E-state index < -0.39 is 0 Å². The molecule has 4 heterocycles. The molecule has 2 saturated heterocycles. The minimum absolute atomic E-state index is 0.138. The first-order chi connectivity index (χ1) is 12.1. The summed E-state index contributed by atoms with van der Waals surface area (Å²) in [5.74, 6) is 2.54. The van der Waals surface area contributed by atoms with Gasteiger partial charge in [-0.1, -0.05) is 6.07 Å². The lowest BCUT2D eigenvalue weighted by Gasteiger charge is -2.53. The van der Waals surface area contributed by atoms with Crippen molar-refractivity contribution >= 4 is 11.6 Å². The number of hydrogen-bond acceptors (Lipinski definition) is 7. The predicted molar refractivity (Wildman–Crippen MR) is 95.1 cm³/mol. The van der Waals surface area contributed by atoms with E-state index in [1.807, 2.05) is 43.3 Å². The average Bonchev–Trinajstić information content (AvgIpc) is 2.61. The average molecular weight is 341 g/mol. The maximum atomic E-state index is 6.10. The molecular weight excluding hydrogens is 318 g/mol. The fourth-order valence-electron chi connectivity index (χ4n) is 3.46. The smallest absolute Gasteiger partial charge is 0.213 e. The van der Waals surface area contributed by atoms with E-state index in [1.165, 1.54) is 0 Å². The van der Waals surface area contributed by atoms with Crippen molar-refractivity contribution in [2.24, 2.45) is 0 Å². The molecule has 0 aromatic carbocycles. The van der Waals surface area contributed by atoms with Crippen LogP contribution in [-0.4, -0.2) is 60.4 Å². The van der Waals surface area contributed by atoms with Crippen molar-refractivity contribution in [2.75, 3.05) is 43.6 Å². The topological polar surface area (TPSA) is 63.6 Å². The van der Waals surface area contributed by atoms with Crippen molar-refractivity contribution in [1.82, 2.24) is 15.0 Å². The number of hydrogen-bond donors (Lipinski definition) is 0. The fraction of sp³-hybridized carbons (Fsp3) is 0.500. The number of nitrogens with zero attached hydrogens (tertiary/aromatic N) is 5. The lowest BCUT2D eigenvalue weighted by molar-refractivity contribution is -0.126. The van der Waals surface area contributed by atoms with Gasteiger partial charge in [-0.25, -0.2) is 15.0 Å². The second-order valence-corrected chi connectivity index (χ2v) is 6.92. The highest BCUT2D eigenvalue weighted by atomic mass is 16.5. The number of rotatable bonds is 4. The van der Waals surface area contributed by atoms with Crippen LogP contribution in [0.1, 0.15) is 12.8 Å². The maximum Gasteiger partial charge on any atom is 0.213 e. The molecule has 2 aromatic rings. The Labute approximate surface area is 147 Å². The number of aromatic nitrogens is 3.